The van der Waals surface area contributed by atoms with Crippen LogP contribution in [0.5, 0.6) is 0 Å². The van der Waals surface area contributed by atoms with Crippen molar-refractivity contribution in [1.29, 1.82) is 0 Å². The van der Waals surface area contributed by atoms with Gasteiger partial charge in [0.15, 0.2) is 0 Å². The van der Waals surface area contributed by atoms with Gasteiger partial charge in [-0.2, -0.15) is 18.3 Å². The van der Waals surface area contributed by atoms with Crippen LogP contribution in [-0.2, 0) is 6.54 Å². The van der Waals surface area contributed by atoms with Crippen LogP contribution in [0.2, 0.25) is 0 Å². The highest BCUT2D eigenvalue weighted by Crippen LogP contribution is 2.30. The van der Waals surface area contributed by atoms with E-state index in [4.69, 9.17) is 0 Å². The van der Waals surface area contributed by atoms with E-state index in [0.717, 1.165) is 16.8 Å². The van der Waals surface area contributed by atoms with Crippen LogP contribution in [0.15, 0.2) is 61.1 Å². The zero-order chi connectivity index (χ0) is 21.8. The number of carbonyl (C=O) groups is 1. The minimum absolute atomic E-state index is 0.117. The third-order valence-corrected chi connectivity index (χ3v) is 5.29. The summed E-state index contributed by atoms with van der Waals surface area (Å²) in [6, 6.07) is 12.9. The molecule has 0 saturated carbocycles. The number of hydrogen-bond acceptors (Lipinski definition) is 3. The summed E-state index contributed by atoms with van der Waals surface area (Å²) in [5.41, 5.74) is 3.25. The van der Waals surface area contributed by atoms with Gasteiger partial charge in [0.25, 0.3) is 0 Å². The number of alkyl halides is 3. The molecule has 1 N–H and O–H groups in total. The number of pyridine rings is 1. The first-order valence-corrected chi connectivity index (χ1v) is 10.0. The summed E-state index contributed by atoms with van der Waals surface area (Å²) in [7, 11) is 0. The number of para-hydroxylation sites is 1. The highest BCUT2D eigenvalue weighted by molar-refractivity contribution is 5.75. The monoisotopic (exact) mass is 429 g/mol. The molecule has 1 aliphatic heterocycles. The molecule has 0 radical (unpaired) electrons. The van der Waals surface area contributed by atoms with E-state index < -0.39 is 18.5 Å². The molecule has 31 heavy (non-hydrogen) atoms. The van der Waals surface area contributed by atoms with Gasteiger partial charge in [0.1, 0.15) is 0 Å². The predicted molar refractivity (Wildman–Crippen MR) is 109 cm³/mol. The Morgan fingerprint density at radius 3 is 2.58 bits per heavy atom. The first kappa shape index (κ1) is 20.9. The summed E-state index contributed by atoms with van der Waals surface area (Å²) in [6.45, 7) is 0.655. The van der Waals surface area contributed by atoms with Gasteiger partial charge >= 0.3 is 12.2 Å². The fraction of sp³-hybridized carbons (Fsp3) is 0.318. The standard InChI is InChI=1S/C22H22F3N5O/c23-22(24,25)12-16-8-11-29(14-16)21(31)27-13-18-15-30(19-4-2-1-3-5-19)28-20(18)17-6-9-26-10-7-17/h1-7,9-10,15-16H,8,11-14H2,(H,27,31). The smallest absolute Gasteiger partial charge is 0.334 e. The zero-order valence-corrected chi connectivity index (χ0v) is 16.7. The van der Waals surface area contributed by atoms with Crippen molar-refractivity contribution in [3.8, 4) is 16.9 Å². The Morgan fingerprint density at radius 1 is 1.13 bits per heavy atom. The molecule has 0 spiro atoms. The van der Waals surface area contributed by atoms with Crippen LogP contribution in [0.4, 0.5) is 18.0 Å². The number of rotatable bonds is 5. The molecule has 6 nitrogen and oxygen atoms in total. The van der Waals surface area contributed by atoms with Gasteiger partial charge in [-0.3, -0.25) is 4.98 Å². The summed E-state index contributed by atoms with van der Waals surface area (Å²) >= 11 is 0. The Hall–Kier alpha value is -3.36. The number of amides is 2. The Kier molecular flexibility index (Phi) is 5.92. The molecule has 1 aromatic carbocycles. The van der Waals surface area contributed by atoms with Crippen LogP contribution >= 0.6 is 0 Å². The Balaban J connectivity index is 1.48. The second kappa shape index (κ2) is 8.79. The fourth-order valence-corrected chi connectivity index (χ4v) is 3.80. The van der Waals surface area contributed by atoms with E-state index in [-0.39, 0.29) is 19.1 Å². The molecule has 0 aliphatic carbocycles. The Labute approximate surface area is 177 Å². The van der Waals surface area contributed by atoms with Gasteiger partial charge in [-0.1, -0.05) is 18.2 Å². The second-order valence-corrected chi connectivity index (χ2v) is 7.60. The molecule has 1 fully saturated rings. The van der Waals surface area contributed by atoms with Crippen molar-refractivity contribution < 1.29 is 18.0 Å². The number of aromatic nitrogens is 3. The summed E-state index contributed by atoms with van der Waals surface area (Å²) in [5.74, 6) is -0.543. The average Bonchev–Trinajstić information content (AvgIpc) is 3.39. The van der Waals surface area contributed by atoms with E-state index >= 15 is 0 Å². The van der Waals surface area contributed by atoms with Crippen molar-refractivity contribution >= 4 is 6.03 Å². The lowest BCUT2D eigenvalue weighted by molar-refractivity contribution is -0.143. The lowest BCUT2D eigenvalue weighted by Gasteiger charge is -2.18. The molecule has 162 valence electrons. The molecule has 9 heteroatoms. The Bertz CT molecular complexity index is 1020. The van der Waals surface area contributed by atoms with Gasteiger partial charge in [0.2, 0.25) is 0 Å². The summed E-state index contributed by atoms with van der Waals surface area (Å²) in [6.07, 6.45) is 0.493. The topological polar surface area (TPSA) is 63.1 Å². The van der Waals surface area contributed by atoms with E-state index in [2.05, 4.69) is 15.4 Å². The lowest BCUT2D eigenvalue weighted by atomic mass is 10.1. The van der Waals surface area contributed by atoms with Gasteiger partial charge < -0.3 is 10.2 Å². The minimum Gasteiger partial charge on any atom is -0.334 e. The first-order chi connectivity index (χ1) is 14.9. The van der Waals surface area contributed by atoms with E-state index in [1.807, 2.05) is 48.7 Å². The summed E-state index contributed by atoms with van der Waals surface area (Å²) in [4.78, 5) is 18.0. The third-order valence-electron chi connectivity index (χ3n) is 5.29. The maximum atomic E-state index is 12.6. The normalized spacial score (nSPS) is 16.5. The van der Waals surface area contributed by atoms with E-state index in [1.165, 1.54) is 4.90 Å². The van der Waals surface area contributed by atoms with Gasteiger partial charge in [-0.25, -0.2) is 9.48 Å². The van der Waals surface area contributed by atoms with Crippen LogP contribution in [0.25, 0.3) is 16.9 Å². The molecule has 1 saturated heterocycles. The quantitative estimate of drug-likeness (QED) is 0.653. The van der Waals surface area contributed by atoms with Gasteiger partial charge in [0, 0.05) is 55.8 Å². The Morgan fingerprint density at radius 2 is 1.87 bits per heavy atom. The van der Waals surface area contributed by atoms with Crippen molar-refractivity contribution in [3.63, 3.8) is 0 Å². The fourth-order valence-electron chi connectivity index (χ4n) is 3.80. The molecular weight excluding hydrogens is 407 g/mol. The summed E-state index contributed by atoms with van der Waals surface area (Å²) < 4.78 is 39.6. The third kappa shape index (κ3) is 5.22. The summed E-state index contributed by atoms with van der Waals surface area (Å²) in [5, 5.41) is 7.51. The van der Waals surface area contributed by atoms with Crippen molar-refractivity contribution in [1.82, 2.24) is 25.0 Å². The van der Waals surface area contributed by atoms with Crippen molar-refractivity contribution in [2.45, 2.75) is 25.6 Å². The number of likely N-dealkylation sites (tertiary alicyclic amines) is 1. The largest absolute Gasteiger partial charge is 0.389 e. The molecule has 1 atom stereocenters. The van der Waals surface area contributed by atoms with E-state index in [0.29, 0.717) is 18.7 Å². The maximum Gasteiger partial charge on any atom is 0.389 e. The molecular formula is C22H22F3N5O. The number of hydrogen-bond donors (Lipinski definition) is 1. The van der Waals surface area contributed by atoms with E-state index in [9.17, 15) is 18.0 Å². The van der Waals surface area contributed by atoms with E-state index in [1.54, 1.807) is 17.1 Å². The van der Waals surface area contributed by atoms with Gasteiger partial charge in [0.05, 0.1) is 11.4 Å². The molecule has 0 bridgehead atoms. The average molecular weight is 429 g/mol. The molecule has 3 heterocycles. The highest BCUT2D eigenvalue weighted by Gasteiger charge is 2.36. The molecule has 4 rings (SSSR count). The number of carbonyl (C=O) groups excluding carboxylic acids is 1. The number of urea groups is 1. The number of halogens is 3. The van der Waals surface area contributed by atoms with Crippen LogP contribution in [0.1, 0.15) is 18.4 Å². The number of benzene rings is 1. The van der Waals surface area contributed by atoms with Crippen LogP contribution < -0.4 is 5.32 Å². The van der Waals surface area contributed by atoms with Crippen molar-refractivity contribution in [2.24, 2.45) is 5.92 Å². The molecule has 3 aromatic rings. The van der Waals surface area contributed by atoms with Gasteiger partial charge in [-0.05, 0) is 36.6 Å². The first-order valence-electron chi connectivity index (χ1n) is 10.0. The number of nitrogens with zero attached hydrogens (tertiary/aromatic N) is 4. The minimum atomic E-state index is -4.21. The second-order valence-electron chi connectivity index (χ2n) is 7.60. The van der Waals surface area contributed by atoms with Crippen LogP contribution in [0, 0.1) is 5.92 Å². The molecule has 1 unspecified atom stereocenters. The van der Waals surface area contributed by atoms with Crippen molar-refractivity contribution in [3.05, 3.63) is 66.6 Å². The van der Waals surface area contributed by atoms with Gasteiger partial charge in [-0.15, -0.1) is 0 Å². The zero-order valence-electron chi connectivity index (χ0n) is 16.7. The van der Waals surface area contributed by atoms with Crippen molar-refractivity contribution in [2.75, 3.05) is 13.1 Å². The number of nitrogens with one attached hydrogen (secondary N) is 1. The van der Waals surface area contributed by atoms with Crippen LogP contribution in [0.3, 0.4) is 0 Å². The lowest BCUT2D eigenvalue weighted by Crippen LogP contribution is -2.38. The highest BCUT2D eigenvalue weighted by atomic mass is 19.4. The molecule has 2 aromatic heterocycles. The van der Waals surface area contributed by atoms with Crippen LogP contribution in [-0.4, -0.2) is 45.0 Å². The SMILES string of the molecule is O=C(NCc1cn(-c2ccccc2)nc1-c1ccncc1)N1CCC(CC(F)(F)F)C1. The molecule has 2 amide bonds. The molecule has 1 aliphatic rings. The maximum absolute atomic E-state index is 12.6. The predicted octanol–water partition coefficient (Wildman–Crippen LogP) is 4.42.